The topological polar surface area (TPSA) is 67.4 Å². The summed E-state index contributed by atoms with van der Waals surface area (Å²) in [6.07, 6.45) is 0.659. The summed E-state index contributed by atoms with van der Waals surface area (Å²) in [6.45, 7) is 6.19. The first kappa shape index (κ1) is 20.5. The van der Waals surface area contributed by atoms with E-state index in [9.17, 15) is 9.59 Å². The van der Waals surface area contributed by atoms with Crippen molar-refractivity contribution in [3.63, 3.8) is 0 Å². The molecule has 0 heterocycles. The van der Waals surface area contributed by atoms with Crippen LogP contribution < -0.4 is 15.4 Å². The van der Waals surface area contributed by atoms with Crippen molar-refractivity contribution in [3.8, 4) is 5.75 Å². The fourth-order valence-corrected chi connectivity index (χ4v) is 2.92. The lowest BCUT2D eigenvalue weighted by molar-refractivity contribution is -0.123. The van der Waals surface area contributed by atoms with Crippen LogP contribution in [0, 0.1) is 12.8 Å². The third-order valence-electron chi connectivity index (χ3n) is 4.51. The normalized spacial score (nSPS) is 11.7. The molecule has 144 valence electrons. The van der Waals surface area contributed by atoms with Gasteiger partial charge in [-0.1, -0.05) is 50.2 Å². The second kappa shape index (κ2) is 9.76. The predicted molar refractivity (Wildman–Crippen MR) is 107 cm³/mol. The van der Waals surface area contributed by atoms with Crippen LogP contribution in [0.5, 0.6) is 5.75 Å². The first-order valence-corrected chi connectivity index (χ1v) is 9.20. The molecular weight excluding hydrogens is 340 g/mol. The van der Waals surface area contributed by atoms with Crippen LogP contribution in [0.25, 0.3) is 0 Å². The van der Waals surface area contributed by atoms with Gasteiger partial charge in [0.15, 0.2) is 0 Å². The summed E-state index contributed by atoms with van der Waals surface area (Å²) in [6, 6.07) is 14.5. The third kappa shape index (κ3) is 5.58. The molecule has 2 aromatic rings. The van der Waals surface area contributed by atoms with Crippen molar-refractivity contribution in [2.75, 3.05) is 13.7 Å². The van der Waals surface area contributed by atoms with E-state index < -0.39 is 6.04 Å². The molecular formula is C22H28N2O3. The second-order valence-corrected chi connectivity index (χ2v) is 6.86. The van der Waals surface area contributed by atoms with Gasteiger partial charge in [-0.05, 0) is 42.5 Å². The van der Waals surface area contributed by atoms with E-state index in [-0.39, 0.29) is 17.7 Å². The highest BCUT2D eigenvalue weighted by Gasteiger charge is 2.24. The number of hydrogen-bond acceptors (Lipinski definition) is 3. The quantitative estimate of drug-likeness (QED) is 0.752. The van der Waals surface area contributed by atoms with Crippen LogP contribution in [-0.2, 0) is 11.2 Å². The lowest BCUT2D eigenvalue weighted by Crippen LogP contribution is -2.50. The zero-order valence-electron chi connectivity index (χ0n) is 16.4. The molecule has 1 atom stereocenters. The largest absolute Gasteiger partial charge is 0.496 e. The maximum atomic E-state index is 12.6. The lowest BCUT2D eigenvalue weighted by Gasteiger charge is -2.22. The Balaban J connectivity index is 1.96. The summed E-state index contributed by atoms with van der Waals surface area (Å²) < 4.78 is 5.33. The minimum absolute atomic E-state index is 0.0239. The number of aryl methyl sites for hydroxylation is 1. The SMILES string of the molecule is COc1ccccc1CCNC(=O)C(NC(=O)c1ccccc1C)C(C)C. The Kier molecular flexibility index (Phi) is 7.41. The van der Waals surface area contributed by atoms with Crippen LogP contribution in [-0.4, -0.2) is 31.5 Å². The van der Waals surface area contributed by atoms with Crippen molar-refractivity contribution in [2.24, 2.45) is 5.92 Å². The van der Waals surface area contributed by atoms with Crippen LogP contribution in [0.15, 0.2) is 48.5 Å². The van der Waals surface area contributed by atoms with E-state index in [1.54, 1.807) is 13.2 Å². The van der Waals surface area contributed by atoms with Crippen LogP contribution in [0.4, 0.5) is 0 Å². The summed E-state index contributed by atoms with van der Waals surface area (Å²) in [4.78, 5) is 25.2. The molecule has 0 spiro atoms. The van der Waals surface area contributed by atoms with Crippen molar-refractivity contribution in [2.45, 2.75) is 33.2 Å². The van der Waals surface area contributed by atoms with E-state index in [0.717, 1.165) is 16.9 Å². The van der Waals surface area contributed by atoms with Gasteiger partial charge in [0, 0.05) is 12.1 Å². The smallest absolute Gasteiger partial charge is 0.252 e. The Labute approximate surface area is 161 Å². The minimum Gasteiger partial charge on any atom is -0.496 e. The van der Waals surface area contributed by atoms with Crippen LogP contribution in [0.1, 0.15) is 35.3 Å². The summed E-state index contributed by atoms with van der Waals surface area (Å²) in [5.41, 5.74) is 2.50. The zero-order valence-corrected chi connectivity index (χ0v) is 16.4. The van der Waals surface area contributed by atoms with Gasteiger partial charge in [-0.3, -0.25) is 9.59 Å². The van der Waals surface area contributed by atoms with Crippen molar-refractivity contribution < 1.29 is 14.3 Å². The number of methoxy groups -OCH3 is 1. The van der Waals surface area contributed by atoms with E-state index in [2.05, 4.69) is 10.6 Å². The number of hydrogen-bond donors (Lipinski definition) is 2. The Hall–Kier alpha value is -2.82. The monoisotopic (exact) mass is 368 g/mol. The van der Waals surface area contributed by atoms with Crippen molar-refractivity contribution in [1.29, 1.82) is 0 Å². The average Bonchev–Trinajstić information content (AvgIpc) is 2.66. The maximum Gasteiger partial charge on any atom is 0.252 e. The lowest BCUT2D eigenvalue weighted by atomic mass is 10.0. The summed E-state index contributed by atoms with van der Waals surface area (Å²) in [7, 11) is 1.63. The fourth-order valence-electron chi connectivity index (χ4n) is 2.92. The number of para-hydroxylation sites is 1. The summed E-state index contributed by atoms with van der Waals surface area (Å²) in [5, 5.41) is 5.80. The average molecular weight is 368 g/mol. The Morgan fingerprint density at radius 1 is 1.04 bits per heavy atom. The predicted octanol–water partition coefficient (Wildman–Crippen LogP) is 3.12. The van der Waals surface area contributed by atoms with Crippen LogP contribution >= 0.6 is 0 Å². The van der Waals surface area contributed by atoms with E-state index in [1.165, 1.54) is 0 Å². The number of rotatable bonds is 8. The Morgan fingerprint density at radius 3 is 2.37 bits per heavy atom. The number of nitrogens with one attached hydrogen (secondary N) is 2. The van der Waals surface area contributed by atoms with Crippen LogP contribution in [0.2, 0.25) is 0 Å². The van der Waals surface area contributed by atoms with Gasteiger partial charge < -0.3 is 15.4 Å². The van der Waals surface area contributed by atoms with Gasteiger partial charge in [-0.15, -0.1) is 0 Å². The van der Waals surface area contributed by atoms with Gasteiger partial charge >= 0.3 is 0 Å². The highest BCUT2D eigenvalue weighted by Crippen LogP contribution is 2.17. The molecule has 5 nitrogen and oxygen atoms in total. The number of carbonyl (C=O) groups excluding carboxylic acids is 2. The Bertz CT molecular complexity index is 787. The molecule has 1 unspecified atom stereocenters. The molecule has 0 aromatic heterocycles. The first-order valence-electron chi connectivity index (χ1n) is 9.20. The van der Waals surface area contributed by atoms with Gasteiger partial charge in [-0.2, -0.15) is 0 Å². The number of carbonyl (C=O) groups is 2. The Morgan fingerprint density at radius 2 is 1.70 bits per heavy atom. The molecule has 0 aliphatic carbocycles. The molecule has 27 heavy (non-hydrogen) atoms. The minimum atomic E-state index is -0.588. The molecule has 0 fully saturated rings. The molecule has 0 radical (unpaired) electrons. The molecule has 0 saturated heterocycles. The highest BCUT2D eigenvalue weighted by molar-refractivity contribution is 5.98. The molecule has 0 aliphatic rings. The molecule has 5 heteroatoms. The molecule has 2 aromatic carbocycles. The van der Waals surface area contributed by atoms with Crippen molar-refractivity contribution in [3.05, 3.63) is 65.2 Å². The number of amides is 2. The van der Waals surface area contributed by atoms with Crippen molar-refractivity contribution in [1.82, 2.24) is 10.6 Å². The first-order chi connectivity index (χ1) is 12.9. The molecule has 0 aliphatic heterocycles. The van der Waals surface area contributed by atoms with Gasteiger partial charge in [-0.25, -0.2) is 0 Å². The van der Waals surface area contributed by atoms with E-state index in [4.69, 9.17) is 4.74 Å². The van der Waals surface area contributed by atoms with Crippen LogP contribution in [0.3, 0.4) is 0 Å². The van der Waals surface area contributed by atoms with Crippen molar-refractivity contribution >= 4 is 11.8 Å². The third-order valence-corrected chi connectivity index (χ3v) is 4.51. The second-order valence-electron chi connectivity index (χ2n) is 6.86. The number of benzene rings is 2. The summed E-state index contributed by atoms with van der Waals surface area (Å²) in [5.74, 6) is 0.373. The molecule has 2 N–H and O–H groups in total. The number of ether oxygens (including phenoxy) is 1. The van der Waals surface area contributed by atoms with Gasteiger partial charge in [0.2, 0.25) is 5.91 Å². The van der Waals surface area contributed by atoms with Gasteiger partial charge in [0.05, 0.1) is 7.11 Å². The molecule has 0 bridgehead atoms. The standard InChI is InChI=1S/C22H28N2O3/c1-15(2)20(24-21(25)18-11-7-5-9-16(18)3)22(26)23-14-13-17-10-6-8-12-19(17)27-4/h5-12,15,20H,13-14H2,1-4H3,(H,23,26)(H,24,25). The van der Waals surface area contributed by atoms with Gasteiger partial charge in [0.25, 0.3) is 5.91 Å². The molecule has 0 saturated carbocycles. The zero-order chi connectivity index (χ0) is 19.8. The van der Waals surface area contributed by atoms with E-state index >= 15 is 0 Å². The molecule has 2 rings (SSSR count). The highest BCUT2D eigenvalue weighted by atomic mass is 16.5. The molecule has 2 amide bonds. The fraction of sp³-hybridized carbons (Fsp3) is 0.364. The van der Waals surface area contributed by atoms with Gasteiger partial charge in [0.1, 0.15) is 11.8 Å². The van der Waals surface area contributed by atoms with E-state index in [0.29, 0.717) is 18.5 Å². The maximum absolute atomic E-state index is 12.6. The van der Waals surface area contributed by atoms with E-state index in [1.807, 2.05) is 63.2 Å². The summed E-state index contributed by atoms with van der Waals surface area (Å²) >= 11 is 0.